The molecule has 0 bridgehead atoms. The summed E-state index contributed by atoms with van der Waals surface area (Å²) in [5, 5.41) is 8.52. The SMILES string of the molecule is CC[N+](CC)(CC)CCCC(=O)O. The van der Waals surface area contributed by atoms with Crippen molar-refractivity contribution >= 4 is 5.97 Å². The van der Waals surface area contributed by atoms with Crippen LogP contribution in [0.2, 0.25) is 0 Å². The van der Waals surface area contributed by atoms with Crippen LogP contribution in [0.5, 0.6) is 0 Å². The van der Waals surface area contributed by atoms with Crippen LogP contribution in [0.4, 0.5) is 0 Å². The molecule has 0 saturated heterocycles. The van der Waals surface area contributed by atoms with E-state index in [0.717, 1.165) is 37.1 Å². The molecule has 3 heteroatoms. The number of carbonyl (C=O) groups is 1. The summed E-state index contributed by atoms with van der Waals surface area (Å²) in [5.41, 5.74) is 0. The Hall–Kier alpha value is -0.570. The number of carboxylic acid groups (broad SMARTS) is 1. The highest BCUT2D eigenvalue weighted by Gasteiger charge is 2.19. The van der Waals surface area contributed by atoms with Crippen LogP contribution in [-0.4, -0.2) is 41.7 Å². The maximum Gasteiger partial charge on any atom is 0.303 e. The van der Waals surface area contributed by atoms with E-state index in [2.05, 4.69) is 20.8 Å². The topological polar surface area (TPSA) is 37.3 Å². The molecular weight excluding hydrogens is 166 g/mol. The van der Waals surface area contributed by atoms with E-state index in [9.17, 15) is 4.79 Å². The van der Waals surface area contributed by atoms with Gasteiger partial charge in [0.25, 0.3) is 0 Å². The average molecular weight is 188 g/mol. The van der Waals surface area contributed by atoms with E-state index in [-0.39, 0.29) is 0 Å². The Bertz CT molecular complexity index is 145. The van der Waals surface area contributed by atoms with Crippen LogP contribution in [0.25, 0.3) is 0 Å². The number of carboxylic acids is 1. The minimum absolute atomic E-state index is 0.306. The van der Waals surface area contributed by atoms with E-state index in [1.807, 2.05) is 0 Å². The van der Waals surface area contributed by atoms with Gasteiger partial charge in [-0.3, -0.25) is 4.79 Å². The largest absolute Gasteiger partial charge is 0.481 e. The van der Waals surface area contributed by atoms with Crippen LogP contribution < -0.4 is 0 Å². The molecule has 0 heterocycles. The lowest BCUT2D eigenvalue weighted by molar-refractivity contribution is -0.923. The van der Waals surface area contributed by atoms with Gasteiger partial charge in [-0.25, -0.2) is 0 Å². The molecule has 0 aromatic carbocycles. The highest BCUT2D eigenvalue weighted by Crippen LogP contribution is 2.08. The summed E-state index contributed by atoms with van der Waals surface area (Å²) in [4.78, 5) is 10.3. The quantitative estimate of drug-likeness (QED) is 0.618. The van der Waals surface area contributed by atoms with Gasteiger partial charge in [-0.15, -0.1) is 0 Å². The Morgan fingerprint density at radius 1 is 1.15 bits per heavy atom. The van der Waals surface area contributed by atoms with Gasteiger partial charge in [0.15, 0.2) is 0 Å². The van der Waals surface area contributed by atoms with E-state index < -0.39 is 5.97 Å². The van der Waals surface area contributed by atoms with Crippen molar-refractivity contribution < 1.29 is 14.4 Å². The highest BCUT2D eigenvalue weighted by atomic mass is 16.4. The summed E-state index contributed by atoms with van der Waals surface area (Å²) in [6.07, 6.45) is 1.10. The Labute approximate surface area is 80.9 Å². The first-order chi connectivity index (χ1) is 6.10. The van der Waals surface area contributed by atoms with Gasteiger partial charge >= 0.3 is 5.97 Å². The highest BCUT2D eigenvalue weighted by molar-refractivity contribution is 5.66. The van der Waals surface area contributed by atoms with Gasteiger partial charge in [0.2, 0.25) is 0 Å². The molecule has 0 aliphatic carbocycles. The first-order valence-corrected chi connectivity index (χ1v) is 5.17. The van der Waals surface area contributed by atoms with E-state index in [1.165, 1.54) is 0 Å². The predicted molar refractivity (Wildman–Crippen MR) is 53.6 cm³/mol. The lowest BCUT2D eigenvalue weighted by Gasteiger charge is -2.35. The molecule has 3 nitrogen and oxygen atoms in total. The summed E-state index contributed by atoms with van der Waals surface area (Å²) >= 11 is 0. The smallest absolute Gasteiger partial charge is 0.303 e. The maximum absolute atomic E-state index is 10.3. The fourth-order valence-corrected chi connectivity index (χ4v) is 1.71. The van der Waals surface area contributed by atoms with Crippen LogP contribution in [-0.2, 0) is 4.79 Å². The van der Waals surface area contributed by atoms with Gasteiger partial charge in [0, 0.05) is 6.42 Å². The predicted octanol–water partition coefficient (Wildman–Crippen LogP) is 1.73. The second kappa shape index (κ2) is 5.97. The van der Waals surface area contributed by atoms with Crippen LogP contribution in [0.3, 0.4) is 0 Å². The third-order valence-electron chi connectivity index (χ3n) is 3.04. The zero-order chi connectivity index (χ0) is 10.3. The molecule has 0 spiro atoms. The van der Waals surface area contributed by atoms with Crippen molar-refractivity contribution in [2.45, 2.75) is 33.6 Å². The normalized spacial score (nSPS) is 11.6. The monoisotopic (exact) mass is 188 g/mol. The van der Waals surface area contributed by atoms with Crippen molar-refractivity contribution in [3.63, 3.8) is 0 Å². The Morgan fingerprint density at radius 3 is 1.92 bits per heavy atom. The first kappa shape index (κ1) is 12.4. The standard InChI is InChI=1S/C10H21NO2/c1-4-11(5-2,6-3)9-7-8-10(12)13/h4-9H2,1-3H3/p+1. The number of quaternary nitrogens is 1. The maximum atomic E-state index is 10.3. The van der Waals surface area contributed by atoms with Crippen molar-refractivity contribution in [2.75, 3.05) is 26.2 Å². The van der Waals surface area contributed by atoms with Crippen molar-refractivity contribution in [1.82, 2.24) is 0 Å². The molecule has 0 fully saturated rings. The molecule has 0 saturated carbocycles. The number of nitrogens with zero attached hydrogens (tertiary/aromatic N) is 1. The van der Waals surface area contributed by atoms with Crippen LogP contribution in [0.15, 0.2) is 0 Å². The minimum Gasteiger partial charge on any atom is -0.481 e. The first-order valence-electron chi connectivity index (χ1n) is 5.17. The minimum atomic E-state index is -0.679. The fourth-order valence-electron chi connectivity index (χ4n) is 1.71. The lowest BCUT2D eigenvalue weighted by Crippen LogP contribution is -2.48. The molecule has 0 unspecified atom stereocenters. The molecule has 0 atom stereocenters. The summed E-state index contributed by atoms with van der Waals surface area (Å²) in [7, 11) is 0. The molecule has 1 N–H and O–H groups in total. The number of hydrogen-bond donors (Lipinski definition) is 1. The molecular formula is C10H22NO2+. The molecule has 0 aliphatic heterocycles. The Morgan fingerprint density at radius 2 is 1.62 bits per heavy atom. The van der Waals surface area contributed by atoms with Crippen LogP contribution in [0, 0.1) is 0 Å². The van der Waals surface area contributed by atoms with Gasteiger partial charge in [-0.2, -0.15) is 0 Å². The number of rotatable bonds is 7. The van der Waals surface area contributed by atoms with E-state index in [4.69, 9.17) is 5.11 Å². The summed E-state index contributed by atoms with van der Waals surface area (Å²) < 4.78 is 1.05. The molecule has 0 rings (SSSR count). The van der Waals surface area contributed by atoms with Crippen molar-refractivity contribution in [3.05, 3.63) is 0 Å². The second-order valence-corrected chi connectivity index (χ2v) is 3.51. The third kappa shape index (κ3) is 4.27. The average Bonchev–Trinajstić information content (AvgIpc) is 2.13. The number of hydrogen-bond acceptors (Lipinski definition) is 1. The number of aliphatic carboxylic acids is 1. The van der Waals surface area contributed by atoms with Gasteiger partial charge in [0.05, 0.1) is 32.6 Å². The van der Waals surface area contributed by atoms with Gasteiger partial charge in [0.1, 0.15) is 0 Å². The zero-order valence-electron chi connectivity index (χ0n) is 9.05. The van der Waals surface area contributed by atoms with E-state index in [1.54, 1.807) is 0 Å². The summed E-state index contributed by atoms with van der Waals surface area (Å²) in [5.74, 6) is -0.679. The van der Waals surface area contributed by atoms with E-state index >= 15 is 0 Å². The summed E-state index contributed by atoms with van der Waals surface area (Å²) in [6.45, 7) is 10.8. The molecule has 78 valence electrons. The molecule has 0 aromatic rings. The molecule has 0 radical (unpaired) electrons. The van der Waals surface area contributed by atoms with Crippen molar-refractivity contribution in [1.29, 1.82) is 0 Å². The molecule has 0 aromatic heterocycles. The van der Waals surface area contributed by atoms with Gasteiger partial charge in [-0.05, 0) is 20.8 Å². The van der Waals surface area contributed by atoms with Crippen LogP contribution in [0.1, 0.15) is 33.6 Å². The fraction of sp³-hybridized carbons (Fsp3) is 0.900. The van der Waals surface area contributed by atoms with Crippen molar-refractivity contribution in [2.24, 2.45) is 0 Å². The second-order valence-electron chi connectivity index (χ2n) is 3.51. The zero-order valence-corrected chi connectivity index (χ0v) is 9.05. The van der Waals surface area contributed by atoms with Gasteiger partial charge < -0.3 is 9.59 Å². The van der Waals surface area contributed by atoms with E-state index in [0.29, 0.717) is 6.42 Å². The molecule has 13 heavy (non-hydrogen) atoms. The molecule has 0 amide bonds. The van der Waals surface area contributed by atoms with Crippen LogP contribution >= 0.6 is 0 Å². The molecule has 0 aliphatic rings. The van der Waals surface area contributed by atoms with Crippen molar-refractivity contribution in [3.8, 4) is 0 Å². The van der Waals surface area contributed by atoms with Gasteiger partial charge in [-0.1, -0.05) is 0 Å². The Kier molecular flexibility index (Phi) is 5.71. The lowest BCUT2D eigenvalue weighted by atomic mass is 10.2. The third-order valence-corrected chi connectivity index (χ3v) is 3.04. The summed E-state index contributed by atoms with van der Waals surface area (Å²) in [6, 6.07) is 0. The Balaban J connectivity index is 3.88.